The first kappa shape index (κ1) is 29.7. The summed E-state index contributed by atoms with van der Waals surface area (Å²) in [6, 6.07) is 0. The smallest absolute Gasteiger partial charge is 0.140 e. The molecule has 1 fully saturated rings. The van der Waals surface area contributed by atoms with Crippen molar-refractivity contribution in [1.82, 2.24) is 0 Å². The Morgan fingerprint density at radius 2 is 1.68 bits per heavy atom. The Morgan fingerprint density at radius 1 is 1.03 bits per heavy atom. The molecule has 0 spiro atoms. The molecule has 0 aromatic heterocycles. The third-order valence-electron chi connectivity index (χ3n) is 5.08. The number of aliphatic hydroxyl groups excluding tert-OH is 1. The molecule has 1 aliphatic heterocycles. The van der Waals surface area contributed by atoms with Crippen molar-refractivity contribution in [2.24, 2.45) is 5.92 Å². The van der Waals surface area contributed by atoms with Crippen molar-refractivity contribution in [3.05, 3.63) is 0 Å². The van der Waals surface area contributed by atoms with Gasteiger partial charge in [-0.2, -0.15) is 11.8 Å². The summed E-state index contributed by atoms with van der Waals surface area (Å²) in [6.07, 6.45) is 4.94. The molecule has 0 aromatic rings. The van der Waals surface area contributed by atoms with Crippen molar-refractivity contribution in [3.63, 3.8) is 0 Å². The molecule has 31 heavy (non-hydrogen) atoms. The minimum absolute atomic E-state index is 0.0790. The van der Waals surface area contributed by atoms with E-state index in [1.54, 1.807) is 0 Å². The van der Waals surface area contributed by atoms with Crippen LogP contribution in [0.4, 0.5) is 0 Å². The lowest BCUT2D eigenvalue weighted by Gasteiger charge is -2.32. The molecular weight excluding hydrogens is 473 g/mol. The van der Waals surface area contributed by atoms with Crippen molar-refractivity contribution >= 4 is 55.1 Å². The number of unbranched alkanes of at least 4 members (excludes halogenated alkanes) is 2. The summed E-state index contributed by atoms with van der Waals surface area (Å²) in [4.78, 5) is 0. The highest BCUT2D eigenvalue weighted by Gasteiger charge is 2.39. The van der Waals surface area contributed by atoms with Crippen LogP contribution in [-0.2, 0) is 0 Å². The molecule has 2 atom stereocenters. The fraction of sp³-hybridized carbons (Fsp3) is 0.840. The van der Waals surface area contributed by atoms with Crippen LogP contribution in [0, 0.1) is 29.2 Å². The van der Waals surface area contributed by atoms with Crippen molar-refractivity contribution in [2.45, 2.75) is 94.4 Å². The van der Waals surface area contributed by atoms with Gasteiger partial charge in [-0.1, -0.05) is 84.4 Å². The Kier molecular flexibility index (Phi) is 14.2. The van der Waals surface area contributed by atoms with Crippen LogP contribution in [-0.4, -0.2) is 56.9 Å². The van der Waals surface area contributed by atoms with Crippen molar-refractivity contribution in [1.29, 1.82) is 0 Å². The summed E-state index contributed by atoms with van der Waals surface area (Å²) in [6.45, 7) is 15.8. The third kappa shape index (κ3) is 10.7. The first-order chi connectivity index (χ1) is 14.6. The molecule has 0 aliphatic carbocycles. The SMILES string of the molecule is CCCCSCCSC(C#C[Si](C)(C)C)(CCCC)C(O)C#CC1(C(C)C)SCCS1. The van der Waals surface area contributed by atoms with Gasteiger partial charge in [-0.25, -0.2) is 0 Å². The van der Waals surface area contributed by atoms with Crippen LogP contribution in [0.5, 0.6) is 0 Å². The standard InChI is InChI=1S/C25H44OS4Si/c1-8-10-13-24(15-21-31(5,6)7,28-18-17-27-16-11-9-2)23(26)12-14-25(22(3)4)29-19-20-30-25/h22-23,26H,8-11,13,16-20H2,1-7H3. The number of aliphatic hydroxyl groups is 1. The van der Waals surface area contributed by atoms with E-state index in [-0.39, 0.29) is 4.08 Å². The number of thioether (sulfide) groups is 4. The molecule has 0 radical (unpaired) electrons. The molecule has 2 unspecified atom stereocenters. The van der Waals surface area contributed by atoms with Crippen LogP contribution in [0.3, 0.4) is 0 Å². The minimum Gasteiger partial charge on any atom is -0.378 e. The van der Waals surface area contributed by atoms with Crippen LogP contribution >= 0.6 is 47.0 Å². The van der Waals surface area contributed by atoms with E-state index in [1.807, 2.05) is 47.0 Å². The highest BCUT2D eigenvalue weighted by molar-refractivity contribution is 8.21. The quantitative estimate of drug-likeness (QED) is 0.167. The Hall–Kier alpha value is 0.697. The Balaban J connectivity index is 3.14. The van der Waals surface area contributed by atoms with E-state index in [1.165, 1.54) is 18.6 Å². The zero-order valence-corrected chi connectivity index (χ0v) is 25.1. The zero-order chi connectivity index (χ0) is 23.4. The first-order valence-electron chi connectivity index (χ1n) is 11.9. The molecule has 1 N–H and O–H groups in total. The molecule has 1 heterocycles. The Bertz CT molecular complexity index is 632. The molecule has 0 aromatic carbocycles. The number of hydrogen-bond donors (Lipinski definition) is 1. The average molecular weight is 517 g/mol. The van der Waals surface area contributed by atoms with Crippen molar-refractivity contribution in [2.75, 3.05) is 28.8 Å². The molecule has 0 saturated carbocycles. The predicted octanol–water partition coefficient (Wildman–Crippen LogP) is 7.26. The second kappa shape index (κ2) is 14.8. The van der Waals surface area contributed by atoms with Gasteiger partial charge in [-0.3, -0.25) is 0 Å². The van der Waals surface area contributed by atoms with Gasteiger partial charge in [0.05, 0.1) is 0 Å². The van der Waals surface area contributed by atoms with E-state index in [0.717, 1.165) is 42.3 Å². The summed E-state index contributed by atoms with van der Waals surface area (Å²) in [7, 11) is -1.55. The van der Waals surface area contributed by atoms with E-state index in [9.17, 15) is 5.11 Å². The monoisotopic (exact) mass is 516 g/mol. The fourth-order valence-corrected chi connectivity index (χ4v) is 9.30. The molecule has 6 heteroatoms. The van der Waals surface area contributed by atoms with Crippen LogP contribution < -0.4 is 0 Å². The number of hydrogen-bond acceptors (Lipinski definition) is 5. The molecule has 1 nitrogen and oxygen atoms in total. The maximum Gasteiger partial charge on any atom is 0.140 e. The minimum atomic E-state index is -1.55. The molecule has 0 amide bonds. The maximum absolute atomic E-state index is 11.5. The normalized spacial score (nSPS) is 18.6. The average Bonchev–Trinajstić information content (AvgIpc) is 3.20. The summed E-state index contributed by atoms with van der Waals surface area (Å²) < 4.78 is -0.551. The number of rotatable bonds is 12. The van der Waals surface area contributed by atoms with Crippen LogP contribution in [0.2, 0.25) is 19.6 Å². The second-order valence-electron chi connectivity index (χ2n) is 9.50. The van der Waals surface area contributed by atoms with Gasteiger partial charge < -0.3 is 5.11 Å². The van der Waals surface area contributed by atoms with Gasteiger partial charge in [0, 0.05) is 23.0 Å². The molecule has 178 valence electrons. The lowest BCUT2D eigenvalue weighted by molar-refractivity contribution is 0.200. The molecule has 1 aliphatic rings. The van der Waals surface area contributed by atoms with Crippen molar-refractivity contribution in [3.8, 4) is 23.3 Å². The van der Waals surface area contributed by atoms with Crippen molar-refractivity contribution < 1.29 is 5.11 Å². The highest BCUT2D eigenvalue weighted by atomic mass is 32.2. The van der Waals surface area contributed by atoms with Gasteiger partial charge in [0.1, 0.15) is 23.0 Å². The lowest BCUT2D eigenvalue weighted by Crippen LogP contribution is -2.39. The molecule has 0 bridgehead atoms. The molecular formula is C25H44OS4Si. The van der Waals surface area contributed by atoms with Gasteiger partial charge >= 0.3 is 0 Å². The summed E-state index contributed by atoms with van der Waals surface area (Å²) in [5, 5.41) is 11.5. The van der Waals surface area contributed by atoms with Gasteiger partial charge in [-0.05, 0) is 24.5 Å². The van der Waals surface area contributed by atoms with E-state index < -0.39 is 18.9 Å². The van der Waals surface area contributed by atoms with Crippen LogP contribution in [0.1, 0.15) is 59.8 Å². The largest absolute Gasteiger partial charge is 0.378 e. The first-order valence-corrected chi connectivity index (χ1v) is 19.5. The van der Waals surface area contributed by atoms with Gasteiger partial charge in [0.15, 0.2) is 0 Å². The lowest BCUT2D eigenvalue weighted by atomic mass is 9.95. The zero-order valence-electron chi connectivity index (χ0n) is 20.8. The topological polar surface area (TPSA) is 20.2 Å². The maximum atomic E-state index is 11.5. The van der Waals surface area contributed by atoms with E-state index in [2.05, 4.69) is 70.6 Å². The van der Waals surface area contributed by atoms with E-state index in [4.69, 9.17) is 0 Å². The Morgan fingerprint density at radius 3 is 2.23 bits per heavy atom. The fourth-order valence-electron chi connectivity index (χ4n) is 3.08. The van der Waals surface area contributed by atoms with Crippen LogP contribution in [0.25, 0.3) is 0 Å². The van der Waals surface area contributed by atoms with Gasteiger partial charge in [0.2, 0.25) is 0 Å². The third-order valence-corrected chi connectivity index (χ3v) is 12.5. The predicted molar refractivity (Wildman–Crippen MR) is 154 cm³/mol. The van der Waals surface area contributed by atoms with Gasteiger partial charge in [0.25, 0.3) is 0 Å². The summed E-state index contributed by atoms with van der Waals surface area (Å²) in [5.41, 5.74) is 3.60. The second-order valence-corrected chi connectivity index (χ2v) is 19.8. The molecule has 1 rings (SSSR count). The Labute approximate surface area is 211 Å². The van der Waals surface area contributed by atoms with Crippen LogP contribution in [0.15, 0.2) is 0 Å². The van der Waals surface area contributed by atoms with E-state index in [0.29, 0.717) is 5.92 Å². The molecule has 1 saturated heterocycles. The van der Waals surface area contributed by atoms with Gasteiger partial charge in [-0.15, -0.1) is 40.8 Å². The summed E-state index contributed by atoms with van der Waals surface area (Å²) >= 11 is 7.81. The highest BCUT2D eigenvalue weighted by Crippen LogP contribution is 2.48. The van der Waals surface area contributed by atoms with E-state index >= 15 is 0 Å². The summed E-state index contributed by atoms with van der Waals surface area (Å²) in [5.74, 6) is 16.6.